The quantitative estimate of drug-likeness (QED) is 0.692. The van der Waals surface area contributed by atoms with Crippen LogP contribution in [0, 0.1) is 0 Å². The van der Waals surface area contributed by atoms with Crippen LogP contribution in [0.2, 0.25) is 19.6 Å². The van der Waals surface area contributed by atoms with Crippen LogP contribution in [-0.4, -0.2) is 8.07 Å². The van der Waals surface area contributed by atoms with Crippen LogP contribution in [0.25, 0.3) is 0 Å². The summed E-state index contributed by atoms with van der Waals surface area (Å²) in [5.74, 6) is 0. The monoisotopic (exact) mass is 242 g/mol. The average Bonchev–Trinajstić information content (AvgIpc) is 1.91. The highest BCUT2D eigenvalue weighted by atomic mass is 79.9. The summed E-state index contributed by atoms with van der Waals surface area (Å²) in [6, 6.07) is 9.77. The van der Waals surface area contributed by atoms with E-state index in [0.29, 0.717) is 0 Å². The van der Waals surface area contributed by atoms with Gasteiger partial charge in [0.15, 0.2) is 0 Å². The molecule has 0 unspecified atom stereocenters. The Bertz CT molecular complexity index is 263. The van der Waals surface area contributed by atoms with Crippen molar-refractivity contribution in [3.8, 4) is 0 Å². The molecule has 0 aromatic heterocycles. The van der Waals surface area contributed by atoms with Gasteiger partial charge in [-0.1, -0.05) is 53.8 Å². The molecule has 1 aromatic rings. The van der Waals surface area contributed by atoms with Crippen molar-refractivity contribution < 1.29 is 0 Å². The van der Waals surface area contributed by atoms with Gasteiger partial charge in [-0.05, 0) is 17.7 Å². The zero-order valence-electron chi connectivity index (χ0n) is 7.89. The van der Waals surface area contributed by atoms with Gasteiger partial charge in [0.1, 0.15) is 0 Å². The molecule has 1 aromatic carbocycles. The molecular weight excluding hydrogens is 228 g/mol. The highest BCUT2D eigenvalue weighted by molar-refractivity contribution is 9.10. The molecule has 0 saturated carbocycles. The number of rotatable bonds is 2. The second kappa shape index (κ2) is 3.75. The van der Waals surface area contributed by atoms with Gasteiger partial charge in [-0.15, -0.1) is 0 Å². The van der Waals surface area contributed by atoms with Gasteiger partial charge in [-0.2, -0.15) is 0 Å². The average molecular weight is 243 g/mol. The molecule has 0 aliphatic carbocycles. The zero-order valence-corrected chi connectivity index (χ0v) is 10.5. The molecule has 2 heteroatoms. The molecule has 0 atom stereocenters. The first kappa shape index (κ1) is 10.0. The Morgan fingerprint density at radius 1 is 1.17 bits per heavy atom. The third-order valence-electron chi connectivity index (χ3n) is 1.68. The van der Waals surface area contributed by atoms with Crippen molar-refractivity contribution in [2.24, 2.45) is 0 Å². The maximum atomic E-state index is 3.57. The first-order valence-electron chi connectivity index (χ1n) is 4.22. The van der Waals surface area contributed by atoms with Gasteiger partial charge in [-0.25, -0.2) is 0 Å². The maximum absolute atomic E-state index is 3.57. The second-order valence-electron chi connectivity index (χ2n) is 4.33. The lowest BCUT2D eigenvalue weighted by atomic mass is 10.2. The van der Waals surface area contributed by atoms with Gasteiger partial charge in [0.05, 0.1) is 0 Å². The normalized spacial score (nSPS) is 11.7. The Balaban J connectivity index is 2.83. The second-order valence-corrected chi connectivity index (χ2v) is 10.7. The van der Waals surface area contributed by atoms with Crippen molar-refractivity contribution in [1.82, 2.24) is 0 Å². The summed E-state index contributed by atoms with van der Waals surface area (Å²) >= 11 is 3.57. The van der Waals surface area contributed by atoms with Gasteiger partial charge in [0, 0.05) is 12.5 Å². The minimum Gasteiger partial charge on any atom is -0.0693 e. The lowest BCUT2D eigenvalue weighted by Crippen LogP contribution is -2.23. The molecule has 0 nitrogen and oxygen atoms in total. The molecule has 0 radical (unpaired) electrons. The van der Waals surface area contributed by atoms with Crippen LogP contribution in [0.4, 0.5) is 0 Å². The Hall–Kier alpha value is -0.0831. The van der Waals surface area contributed by atoms with E-state index in [1.807, 2.05) is 0 Å². The third kappa shape index (κ3) is 3.11. The Morgan fingerprint density at radius 3 is 2.25 bits per heavy atom. The zero-order chi connectivity index (χ0) is 9.19. The summed E-state index contributed by atoms with van der Waals surface area (Å²) in [7, 11) is -0.959. The molecule has 1 rings (SSSR count). The lowest BCUT2D eigenvalue weighted by Gasteiger charge is -2.16. The van der Waals surface area contributed by atoms with E-state index >= 15 is 0 Å². The molecule has 12 heavy (non-hydrogen) atoms. The fourth-order valence-electron chi connectivity index (χ4n) is 1.21. The smallest absolute Gasteiger partial charge is 0.0487 e. The van der Waals surface area contributed by atoms with Crippen molar-refractivity contribution in [2.45, 2.75) is 25.7 Å². The first-order valence-corrected chi connectivity index (χ1v) is 8.72. The van der Waals surface area contributed by atoms with E-state index in [-0.39, 0.29) is 0 Å². The predicted octanol–water partition coefficient (Wildman–Crippen LogP) is 3.87. The lowest BCUT2D eigenvalue weighted by molar-refractivity contribution is 1.29. The number of hydrogen-bond donors (Lipinski definition) is 0. The van der Waals surface area contributed by atoms with Crippen molar-refractivity contribution >= 4 is 24.0 Å². The number of benzene rings is 1. The van der Waals surface area contributed by atoms with E-state index < -0.39 is 8.07 Å². The summed E-state index contributed by atoms with van der Waals surface area (Å²) in [4.78, 5) is 0. The van der Waals surface area contributed by atoms with Crippen LogP contribution in [0.5, 0.6) is 0 Å². The fourth-order valence-corrected chi connectivity index (χ4v) is 3.35. The standard InChI is InChI=1S/C10H15BrSi/c1-12(2,3)8-9-6-4-5-7-10(9)11/h4-7H,8H2,1-3H3. The van der Waals surface area contributed by atoms with Gasteiger partial charge in [-0.3, -0.25) is 0 Å². The van der Waals surface area contributed by atoms with E-state index in [2.05, 4.69) is 59.8 Å². The van der Waals surface area contributed by atoms with E-state index in [0.717, 1.165) is 0 Å². The highest BCUT2D eigenvalue weighted by Crippen LogP contribution is 2.20. The Labute approximate surface area is 84.1 Å². The number of hydrogen-bond acceptors (Lipinski definition) is 0. The molecule has 0 aliphatic heterocycles. The summed E-state index contributed by atoms with van der Waals surface area (Å²) in [5.41, 5.74) is 1.46. The van der Waals surface area contributed by atoms with E-state index in [1.165, 1.54) is 16.1 Å². The Kier molecular flexibility index (Phi) is 3.13. The fraction of sp³-hybridized carbons (Fsp3) is 0.400. The van der Waals surface area contributed by atoms with Gasteiger partial charge < -0.3 is 0 Å². The molecule has 66 valence electrons. The molecular formula is C10H15BrSi. The summed E-state index contributed by atoms with van der Waals surface area (Å²) in [5, 5.41) is 0. The van der Waals surface area contributed by atoms with Crippen molar-refractivity contribution in [1.29, 1.82) is 0 Å². The van der Waals surface area contributed by atoms with Gasteiger partial charge in [0.2, 0.25) is 0 Å². The minimum absolute atomic E-state index is 0.959. The van der Waals surface area contributed by atoms with Crippen LogP contribution >= 0.6 is 15.9 Å². The summed E-state index contributed by atoms with van der Waals surface area (Å²) in [6.45, 7) is 7.19. The molecule has 0 N–H and O–H groups in total. The first-order chi connectivity index (χ1) is 5.49. The third-order valence-corrected chi connectivity index (χ3v) is 3.89. The molecule has 0 fully saturated rings. The molecule has 0 heterocycles. The molecule has 0 bridgehead atoms. The van der Waals surface area contributed by atoms with Crippen LogP contribution in [0.15, 0.2) is 28.7 Å². The van der Waals surface area contributed by atoms with Crippen LogP contribution < -0.4 is 0 Å². The van der Waals surface area contributed by atoms with Crippen LogP contribution in [0.3, 0.4) is 0 Å². The number of halogens is 1. The van der Waals surface area contributed by atoms with E-state index in [9.17, 15) is 0 Å². The molecule has 0 saturated heterocycles. The summed E-state index contributed by atoms with van der Waals surface area (Å²) < 4.78 is 1.26. The van der Waals surface area contributed by atoms with Crippen LogP contribution in [0.1, 0.15) is 5.56 Å². The van der Waals surface area contributed by atoms with Crippen molar-refractivity contribution in [2.75, 3.05) is 0 Å². The van der Waals surface area contributed by atoms with Crippen molar-refractivity contribution in [3.05, 3.63) is 34.3 Å². The van der Waals surface area contributed by atoms with Gasteiger partial charge in [0.25, 0.3) is 0 Å². The Morgan fingerprint density at radius 2 is 1.75 bits per heavy atom. The van der Waals surface area contributed by atoms with Gasteiger partial charge >= 0.3 is 0 Å². The summed E-state index contributed by atoms with van der Waals surface area (Å²) in [6.07, 6.45) is 0. The molecule has 0 amide bonds. The van der Waals surface area contributed by atoms with Crippen molar-refractivity contribution in [3.63, 3.8) is 0 Å². The predicted molar refractivity (Wildman–Crippen MR) is 61.2 cm³/mol. The van der Waals surface area contributed by atoms with E-state index in [1.54, 1.807) is 0 Å². The highest BCUT2D eigenvalue weighted by Gasteiger charge is 2.14. The van der Waals surface area contributed by atoms with Crippen LogP contribution in [-0.2, 0) is 6.04 Å². The SMILES string of the molecule is C[Si](C)(C)Cc1ccccc1Br. The molecule has 0 aliphatic rings. The van der Waals surface area contributed by atoms with E-state index in [4.69, 9.17) is 0 Å². The molecule has 0 spiro atoms. The topological polar surface area (TPSA) is 0 Å². The largest absolute Gasteiger partial charge is 0.0693 e. The maximum Gasteiger partial charge on any atom is 0.0487 e. The minimum atomic E-state index is -0.959.